The fourth-order valence-corrected chi connectivity index (χ4v) is 3.61. The van der Waals surface area contributed by atoms with Crippen molar-refractivity contribution < 1.29 is 4.79 Å². The van der Waals surface area contributed by atoms with Crippen LogP contribution in [0.5, 0.6) is 0 Å². The van der Waals surface area contributed by atoms with Gasteiger partial charge in [0, 0.05) is 25.2 Å². The molecule has 4 heterocycles. The predicted molar refractivity (Wildman–Crippen MR) is 89.7 cm³/mol. The Morgan fingerprint density at radius 3 is 3.16 bits per heavy atom. The van der Waals surface area contributed by atoms with Crippen LogP contribution in [0.4, 0.5) is 4.79 Å². The third kappa shape index (κ3) is 2.46. The topological polar surface area (TPSA) is 115 Å². The molecule has 128 valence electrons. The number of likely N-dealkylation sites (tertiary alicyclic amines) is 1. The number of H-pyrrole nitrogens is 1. The Balaban J connectivity index is 1.71. The van der Waals surface area contributed by atoms with Crippen LogP contribution in [0.25, 0.3) is 16.8 Å². The van der Waals surface area contributed by atoms with E-state index in [9.17, 15) is 4.79 Å². The van der Waals surface area contributed by atoms with E-state index in [-0.39, 0.29) is 18.5 Å². The molecule has 2 atom stereocenters. The first-order valence-corrected chi connectivity index (χ1v) is 8.29. The number of urea groups is 1. The van der Waals surface area contributed by atoms with E-state index in [1.807, 2.05) is 22.7 Å². The highest BCUT2D eigenvalue weighted by Gasteiger charge is 2.38. The first-order valence-electron chi connectivity index (χ1n) is 8.29. The fourth-order valence-electron chi connectivity index (χ4n) is 3.61. The number of aromatic amines is 1. The molecule has 9 nitrogen and oxygen atoms in total. The number of hydrogen-bond acceptors (Lipinski definition) is 5. The number of carbonyl (C=O) groups is 1. The third-order valence-electron chi connectivity index (χ3n) is 4.87. The molecule has 1 saturated heterocycles. The number of hydrogen-bond donors (Lipinski definition) is 2. The summed E-state index contributed by atoms with van der Waals surface area (Å²) in [6.07, 6.45) is 4.47. The minimum Gasteiger partial charge on any atom is -0.345 e. The Morgan fingerprint density at radius 1 is 1.48 bits per heavy atom. The largest absolute Gasteiger partial charge is 0.345 e. The molecule has 0 bridgehead atoms. The van der Waals surface area contributed by atoms with Crippen LogP contribution in [0, 0.1) is 17.2 Å². The number of aromatic nitrogens is 5. The number of rotatable bonds is 3. The molecule has 0 saturated carbocycles. The minimum atomic E-state index is -0.204. The molecule has 0 aliphatic carbocycles. The maximum atomic E-state index is 12.2. The van der Waals surface area contributed by atoms with Gasteiger partial charge in [-0.1, -0.05) is 13.3 Å². The van der Waals surface area contributed by atoms with Crippen molar-refractivity contribution in [2.45, 2.75) is 19.3 Å². The lowest BCUT2D eigenvalue weighted by Crippen LogP contribution is -2.38. The molecular weight excluding hydrogens is 320 g/mol. The fraction of sp³-hybridized carbons (Fsp3) is 0.438. The van der Waals surface area contributed by atoms with Crippen molar-refractivity contribution in [3.63, 3.8) is 0 Å². The summed E-state index contributed by atoms with van der Waals surface area (Å²) in [5.41, 5.74) is 2.41. The molecule has 0 spiro atoms. The van der Waals surface area contributed by atoms with Gasteiger partial charge in [0.15, 0.2) is 11.3 Å². The quantitative estimate of drug-likeness (QED) is 0.698. The highest BCUT2D eigenvalue weighted by atomic mass is 16.2. The normalized spacial score (nSPS) is 20.2. The monoisotopic (exact) mass is 338 g/mol. The van der Waals surface area contributed by atoms with Gasteiger partial charge < -0.3 is 15.2 Å². The zero-order valence-electron chi connectivity index (χ0n) is 13.8. The second kappa shape index (κ2) is 6.05. The van der Waals surface area contributed by atoms with Gasteiger partial charge in [0.2, 0.25) is 0 Å². The van der Waals surface area contributed by atoms with Crippen LogP contribution in [-0.4, -0.2) is 55.1 Å². The standard InChI is InChI=1S/C16H18N8O/c1-2-10-8-23(16(25)19-6-4-17)9-11(10)15-22-21-13-7-20-14-12(24(13)15)3-5-18-14/h3,5,7,10-11,18H,2,6,8-9H2,1H3,(H,19,25)/t10-,11+/m0/s1. The number of fused-ring (bicyclic) bond motifs is 3. The summed E-state index contributed by atoms with van der Waals surface area (Å²) in [5.74, 6) is 1.24. The Labute approximate surface area is 143 Å². The molecule has 0 aromatic carbocycles. The SMILES string of the molecule is CC[C@H]1CN(C(=O)NCC#N)C[C@H]1c1nnc2cnc3[nH]ccc3n12. The molecule has 25 heavy (non-hydrogen) atoms. The van der Waals surface area contributed by atoms with E-state index in [4.69, 9.17) is 5.26 Å². The summed E-state index contributed by atoms with van der Waals surface area (Å²) >= 11 is 0. The smallest absolute Gasteiger partial charge is 0.318 e. The average Bonchev–Trinajstić information content (AvgIpc) is 3.34. The first kappa shape index (κ1) is 15.4. The second-order valence-corrected chi connectivity index (χ2v) is 6.22. The van der Waals surface area contributed by atoms with E-state index in [1.165, 1.54) is 0 Å². The predicted octanol–water partition coefficient (Wildman–Crippen LogP) is 1.26. The summed E-state index contributed by atoms with van der Waals surface area (Å²) in [7, 11) is 0. The Morgan fingerprint density at radius 2 is 2.36 bits per heavy atom. The van der Waals surface area contributed by atoms with Crippen LogP contribution in [-0.2, 0) is 0 Å². The first-order chi connectivity index (χ1) is 12.2. The molecule has 0 unspecified atom stereocenters. The summed E-state index contributed by atoms with van der Waals surface area (Å²) in [5, 5.41) is 19.9. The molecule has 1 aliphatic heterocycles. The number of nitriles is 1. The van der Waals surface area contributed by atoms with E-state index in [0.717, 1.165) is 23.4 Å². The van der Waals surface area contributed by atoms with Crippen molar-refractivity contribution in [2.24, 2.45) is 5.92 Å². The summed E-state index contributed by atoms with van der Waals surface area (Å²) in [4.78, 5) is 21.4. The maximum absolute atomic E-state index is 12.2. The Kier molecular flexibility index (Phi) is 3.72. The van der Waals surface area contributed by atoms with E-state index in [2.05, 4.69) is 32.4 Å². The summed E-state index contributed by atoms with van der Waals surface area (Å²) in [6.45, 7) is 3.34. The zero-order chi connectivity index (χ0) is 17.4. The number of carbonyl (C=O) groups excluding carboxylic acids is 1. The van der Waals surface area contributed by atoms with Gasteiger partial charge in [-0.15, -0.1) is 10.2 Å². The van der Waals surface area contributed by atoms with Crippen molar-refractivity contribution in [2.75, 3.05) is 19.6 Å². The molecule has 0 radical (unpaired) electrons. The van der Waals surface area contributed by atoms with Crippen LogP contribution < -0.4 is 5.32 Å². The Bertz CT molecular complexity index is 967. The minimum absolute atomic E-state index is 0.0142. The lowest BCUT2D eigenvalue weighted by molar-refractivity contribution is 0.208. The lowest BCUT2D eigenvalue weighted by Gasteiger charge is -2.15. The van der Waals surface area contributed by atoms with Gasteiger partial charge in [0.05, 0.1) is 17.8 Å². The molecule has 2 N–H and O–H groups in total. The van der Waals surface area contributed by atoms with E-state index >= 15 is 0 Å². The molecule has 3 aromatic heterocycles. The van der Waals surface area contributed by atoms with Crippen LogP contribution in [0.15, 0.2) is 18.5 Å². The molecule has 1 fully saturated rings. The van der Waals surface area contributed by atoms with E-state index < -0.39 is 0 Å². The van der Waals surface area contributed by atoms with Crippen molar-refractivity contribution >= 4 is 22.8 Å². The molecule has 4 rings (SSSR count). The summed E-state index contributed by atoms with van der Waals surface area (Å²) in [6, 6.07) is 3.68. The number of nitrogens with one attached hydrogen (secondary N) is 2. The van der Waals surface area contributed by atoms with Crippen LogP contribution in [0.3, 0.4) is 0 Å². The van der Waals surface area contributed by atoms with Gasteiger partial charge in [-0.05, 0) is 12.0 Å². The van der Waals surface area contributed by atoms with Crippen molar-refractivity contribution in [1.82, 2.24) is 34.8 Å². The van der Waals surface area contributed by atoms with Crippen LogP contribution in [0.1, 0.15) is 25.1 Å². The molecule has 3 aromatic rings. The molecule has 1 aliphatic rings. The van der Waals surface area contributed by atoms with E-state index in [1.54, 1.807) is 11.1 Å². The van der Waals surface area contributed by atoms with Crippen molar-refractivity contribution in [1.29, 1.82) is 5.26 Å². The van der Waals surface area contributed by atoms with Gasteiger partial charge in [0.25, 0.3) is 0 Å². The van der Waals surface area contributed by atoms with Crippen molar-refractivity contribution in [3.05, 3.63) is 24.3 Å². The van der Waals surface area contributed by atoms with E-state index in [0.29, 0.717) is 24.7 Å². The van der Waals surface area contributed by atoms with Gasteiger partial charge in [-0.2, -0.15) is 5.26 Å². The lowest BCUT2D eigenvalue weighted by atomic mass is 9.93. The number of amides is 2. The van der Waals surface area contributed by atoms with Gasteiger partial charge in [-0.3, -0.25) is 4.40 Å². The molecule has 2 amide bonds. The molecular formula is C16H18N8O. The maximum Gasteiger partial charge on any atom is 0.318 e. The van der Waals surface area contributed by atoms with Gasteiger partial charge in [0.1, 0.15) is 12.4 Å². The van der Waals surface area contributed by atoms with Crippen LogP contribution >= 0.6 is 0 Å². The van der Waals surface area contributed by atoms with Crippen molar-refractivity contribution in [3.8, 4) is 6.07 Å². The van der Waals surface area contributed by atoms with Crippen LogP contribution in [0.2, 0.25) is 0 Å². The summed E-state index contributed by atoms with van der Waals surface area (Å²) < 4.78 is 2.02. The Hall–Kier alpha value is -3.15. The highest BCUT2D eigenvalue weighted by molar-refractivity contribution is 5.75. The highest BCUT2D eigenvalue weighted by Crippen LogP contribution is 2.34. The second-order valence-electron chi connectivity index (χ2n) is 6.22. The zero-order valence-corrected chi connectivity index (χ0v) is 13.8. The molecule has 9 heteroatoms. The average molecular weight is 338 g/mol. The van der Waals surface area contributed by atoms with Gasteiger partial charge >= 0.3 is 6.03 Å². The number of nitrogens with zero attached hydrogens (tertiary/aromatic N) is 6. The third-order valence-corrected chi connectivity index (χ3v) is 4.87. The van der Waals surface area contributed by atoms with Gasteiger partial charge in [-0.25, -0.2) is 9.78 Å².